The molecule has 3 aromatic carbocycles. The van der Waals surface area contributed by atoms with Gasteiger partial charge >= 0.3 is 0 Å². The molecule has 15 heteroatoms. The second-order valence-electron chi connectivity index (χ2n) is 6.94. The summed E-state index contributed by atoms with van der Waals surface area (Å²) in [6.07, 6.45) is 0.589. The SMILES string of the molecule is CS(=O)(O)(O)c1cc([NH+]([O-])O)ccc1N=Nc1c(N)ccc2cc(S(=O)(=O)O)cc(O)c12. The molecule has 0 aromatic heterocycles. The van der Waals surface area contributed by atoms with Crippen LogP contribution in [0.4, 0.5) is 22.7 Å². The van der Waals surface area contributed by atoms with E-state index in [1.807, 2.05) is 0 Å². The van der Waals surface area contributed by atoms with Gasteiger partial charge in [0.1, 0.15) is 26.8 Å². The van der Waals surface area contributed by atoms with Crippen molar-refractivity contribution in [2.45, 2.75) is 9.79 Å². The average Bonchev–Trinajstić information content (AvgIpc) is 2.65. The second kappa shape index (κ2) is 7.54. The van der Waals surface area contributed by atoms with Gasteiger partial charge in [0.25, 0.3) is 10.1 Å². The van der Waals surface area contributed by atoms with E-state index in [2.05, 4.69) is 10.2 Å². The van der Waals surface area contributed by atoms with Crippen molar-refractivity contribution in [3.05, 3.63) is 47.7 Å². The highest BCUT2D eigenvalue weighted by Gasteiger charge is 2.31. The highest BCUT2D eigenvalue weighted by Crippen LogP contribution is 2.42. The Labute approximate surface area is 180 Å². The molecule has 0 radical (unpaired) electrons. The minimum absolute atomic E-state index is 0.0120. The van der Waals surface area contributed by atoms with Crippen LogP contribution in [-0.4, -0.2) is 42.9 Å². The van der Waals surface area contributed by atoms with Crippen molar-refractivity contribution in [1.29, 1.82) is 0 Å². The fourth-order valence-electron chi connectivity index (χ4n) is 2.88. The van der Waals surface area contributed by atoms with Crippen LogP contribution < -0.4 is 11.0 Å². The Morgan fingerprint density at radius 3 is 2.31 bits per heavy atom. The van der Waals surface area contributed by atoms with E-state index in [1.165, 1.54) is 12.1 Å². The van der Waals surface area contributed by atoms with Gasteiger partial charge in [-0.05, 0) is 23.6 Å². The fraction of sp³-hybridized carbons (Fsp3) is 0.0588. The molecular weight excluding hydrogens is 468 g/mol. The Kier molecular flexibility index (Phi) is 5.57. The number of aromatic hydroxyl groups is 1. The monoisotopic (exact) mass is 486 g/mol. The summed E-state index contributed by atoms with van der Waals surface area (Å²) >= 11 is 0. The second-order valence-corrected chi connectivity index (χ2v) is 11.3. The van der Waals surface area contributed by atoms with E-state index in [9.17, 15) is 36.6 Å². The van der Waals surface area contributed by atoms with E-state index in [0.29, 0.717) is 6.26 Å². The number of anilines is 1. The van der Waals surface area contributed by atoms with E-state index in [0.717, 1.165) is 30.3 Å². The van der Waals surface area contributed by atoms with Crippen LogP contribution in [-0.2, 0) is 19.7 Å². The van der Waals surface area contributed by atoms with Crippen LogP contribution in [0.1, 0.15) is 0 Å². The number of nitrogen functional groups attached to an aromatic ring is 1. The van der Waals surface area contributed by atoms with Gasteiger partial charge in [0, 0.05) is 24.5 Å². The topological polar surface area (TPSA) is 231 Å². The lowest BCUT2D eigenvalue weighted by molar-refractivity contribution is -0.991. The molecule has 3 rings (SSSR count). The molecule has 8 N–H and O–H groups in total. The van der Waals surface area contributed by atoms with Gasteiger partial charge in [-0.3, -0.25) is 4.55 Å². The normalized spacial score (nSPS) is 15.0. The predicted molar refractivity (Wildman–Crippen MR) is 114 cm³/mol. The van der Waals surface area contributed by atoms with Crippen LogP contribution in [0.15, 0.2) is 62.5 Å². The number of hydrogen-bond acceptors (Lipinski definition) is 9. The summed E-state index contributed by atoms with van der Waals surface area (Å²) in [5.74, 6) is -0.598. The van der Waals surface area contributed by atoms with Crippen molar-refractivity contribution in [2.24, 2.45) is 10.2 Å². The molecule has 0 amide bonds. The zero-order valence-corrected chi connectivity index (χ0v) is 17.8. The highest BCUT2D eigenvalue weighted by atomic mass is 32.3. The molecule has 0 heterocycles. The lowest BCUT2D eigenvalue weighted by atomic mass is 10.1. The Morgan fingerprint density at radius 2 is 1.75 bits per heavy atom. The Hall–Kier alpha value is -3.02. The number of rotatable bonds is 5. The molecule has 0 aliphatic heterocycles. The number of azo groups is 1. The molecule has 0 saturated carbocycles. The number of nitrogens with two attached hydrogens (primary N) is 1. The van der Waals surface area contributed by atoms with E-state index >= 15 is 0 Å². The third-order valence-electron chi connectivity index (χ3n) is 4.34. The molecule has 0 bridgehead atoms. The third-order valence-corrected chi connectivity index (χ3v) is 6.51. The molecule has 0 saturated heterocycles. The largest absolute Gasteiger partial charge is 0.595 e. The number of hydrogen-bond donors (Lipinski definition) is 7. The first-order chi connectivity index (χ1) is 14.5. The molecule has 1 atom stereocenters. The third kappa shape index (κ3) is 4.74. The molecule has 3 aromatic rings. The summed E-state index contributed by atoms with van der Waals surface area (Å²) in [7, 11) is -10.1. The number of nitrogens with zero attached hydrogens (tertiary/aromatic N) is 2. The first-order valence-corrected chi connectivity index (χ1v) is 12.2. The number of phenols is 1. The van der Waals surface area contributed by atoms with Crippen molar-refractivity contribution in [3.8, 4) is 5.75 Å². The van der Waals surface area contributed by atoms with Crippen LogP contribution in [0.3, 0.4) is 0 Å². The molecule has 32 heavy (non-hydrogen) atoms. The van der Waals surface area contributed by atoms with Crippen molar-refractivity contribution in [1.82, 2.24) is 0 Å². The maximum atomic E-state index is 12.3. The molecule has 172 valence electrons. The molecule has 13 nitrogen and oxygen atoms in total. The van der Waals surface area contributed by atoms with Crippen LogP contribution in [0, 0.1) is 5.21 Å². The predicted octanol–water partition coefficient (Wildman–Crippen LogP) is 1.95. The maximum absolute atomic E-state index is 12.3. The van der Waals surface area contributed by atoms with Crippen molar-refractivity contribution in [3.63, 3.8) is 0 Å². The molecule has 1 unspecified atom stereocenters. The number of phenolic OH excluding ortho intramolecular Hbond substituents is 1. The summed E-state index contributed by atoms with van der Waals surface area (Å²) in [6, 6.07) is 7.41. The quantitative estimate of drug-likeness (QED) is 0.120. The zero-order valence-electron chi connectivity index (χ0n) is 16.2. The first kappa shape index (κ1) is 23.6. The molecule has 0 aliphatic rings. The van der Waals surface area contributed by atoms with Gasteiger partial charge < -0.3 is 25.2 Å². The summed E-state index contributed by atoms with van der Waals surface area (Å²) in [6.45, 7) is 0. The van der Waals surface area contributed by atoms with E-state index < -0.39 is 40.5 Å². The maximum Gasteiger partial charge on any atom is 0.294 e. The average molecular weight is 486 g/mol. The van der Waals surface area contributed by atoms with Gasteiger partial charge in [-0.25, -0.2) is 9.42 Å². The minimum atomic E-state index is -5.45. The molecule has 0 spiro atoms. The van der Waals surface area contributed by atoms with E-state index in [4.69, 9.17) is 10.9 Å². The zero-order chi connectivity index (χ0) is 24.1. The van der Waals surface area contributed by atoms with Gasteiger partial charge in [0.05, 0.1) is 20.9 Å². The summed E-state index contributed by atoms with van der Waals surface area (Å²) < 4.78 is 64.3. The van der Waals surface area contributed by atoms with E-state index in [-0.39, 0.29) is 33.5 Å². The lowest BCUT2D eigenvalue weighted by Crippen LogP contribution is -2.99. The van der Waals surface area contributed by atoms with Crippen molar-refractivity contribution < 1.29 is 41.8 Å². The number of fused-ring (bicyclic) bond motifs is 1. The lowest BCUT2D eigenvalue weighted by Gasteiger charge is -2.27. The van der Waals surface area contributed by atoms with Gasteiger partial charge in [0.2, 0.25) is 0 Å². The molecule has 0 fully saturated rings. The van der Waals surface area contributed by atoms with Crippen LogP contribution in [0.2, 0.25) is 0 Å². The van der Waals surface area contributed by atoms with Crippen LogP contribution >= 0.6 is 0 Å². The van der Waals surface area contributed by atoms with Crippen LogP contribution in [0.25, 0.3) is 10.8 Å². The number of nitrogens with one attached hydrogen (secondary N) is 1. The van der Waals surface area contributed by atoms with Crippen LogP contribution in [0.5, 0.6) is 5.75 Å². The van der Waals surface area contributed by atoms with Crippen molar-refractivity contribution >= 4 is 53.3 Å². The number of quaternary nitrogens is 1. The van der Waals surface area contributed by atoms with Gasteiger partial charge in [-0.15, -0.1) is 10.2 Å². The molecule has 0 aliphatic carbocycles. The first-order valence-electron chi connectivity index (χ1n) is 8.50. The van der Waals surface area contributed by atoms with Gasteiger partial charge in [0.15, 0.2) is 5.69 Å². The standard InChI is InChI=1S/C17H18N4O9S2/c1-32(28,29,30)15-7-10(21(23)24)3-5-13(15)19-20-17-12(18)4-2-9-6-11(31(25,26)27)8-14(22)16(9)17/h2-8,21-23H,18H2,1H3,(H,25,26,27)(H2,28,29,30). The van der Waals surface area contributed by atoms with Crippen molar-refractivity contribution in [2.75, 3.05) is 12.0 Å². The Balaban J connectivity index is 2.24. The number of benzene rings is 3. The Bertz CT molecular complexity index is 1440. The molecular formula is C17H18N4O9S2. The van der Waals surface area contributed by atoms with E-state index in [1.54, 1.807) is 0 Å². The summed E-state index contributed by atoms with van der Waals surface area (Å²) in [5.41, 5.74) is 4.99. The summed E-state index contributed by atoms with van der Waals surface area (Å²) in [4.78, 5) is -1.28. The highest BCUT2D eigenvalue weighted by molar-refractivity contribution is 8.09. The van der Waals surface area contributed by atoms with Gasteiger partial charge in [-0.1, -0.05) is 6.07 Å². The minimum Gasteiger partial charge on any atom is -0.595 e. The summed E-state index contributed by atoms with van der Waals surface area (Å²) in [5, 5.41) is 37.0. The fourth-order valence-corrected chi connectivity index (χ4v) is 4.41. The Morgan fingerprint density at radius 1 is 1.09 bits per heavy atom. The van der Waals surface area contributed by atoms with Gasteiger partial charge in [-0.2, -0.15) is 13.6 Å². The smallest absolute Gasteiger partial charge is 0.294 e.